The zero-order valence-corrected chi connectivity index (χ0v) is 12.4. The van der Waals surface area contributed by atoms with Gasteiger partial charge >= 0.3 is 0 Å². The Bertz CT molecular complexity index is 599. The van der Waals surface area contributed by atoms with Crippen LogP contribution in [0.2, 0.25) is 0 Å². The second kappa shape index (κ2) is 6.53. The summed E-state index contributed by atoms with van der Waals surface area (Å²) in [4.78, 5) is 13.7. The molecular formula is C18H20FNO. The molecule has 0 N–H and O–H groups in total. The Kier molecular flexibility index (Phi) is 4.73. The molecule has 0 amide bonds. The van der Waals surface area contributed by atoms with E-state index in [4.69, 9.17) is 0 Å². The summed E-state index contributed by atoms with van der Waals surface area (Å²) >= 11 is 0. The van der Waals surface area contributed by atoms with E-state index in [2.05, 4.69) is 0 Å². The van der Waals surface area contributed by atoms with E-state index in [0.29, 0.717) is 13.1 Å². The number of anilines is 1. The van der Waals surface area contributed by atoms with Crippen LogP contribution in [0, 0.1) is 5.82 Å². The standard InChI is InChI=1S/C18H20FNO/c1-3-20(17-11-7-10-16(19)12-17)13-18(2,14-21)15-8-5-4-6-9-15/h4-12,14H,3,13H2,1-2H3. The minimum absolute atomic E-state index is 0.265. The molecule has 0 radical (unpaired) electrons. The monoisotopic (exact) mass is 285 g/mol. The van der Waals surface area contributed by atoms with Crippen LogP contribution >= 0.6 is 0 Å². The summed E-state index contributed by atoms with van der Waals surface area (Å²) < 4.78 is 13.4. The summed E-state index contributed by atoms with van der Waals surface area (Å²) in [6.07, 6.45) is 0.976. The third kappa shape index (κ3) is 3.48. The molecule has 0 heterocycles. The van der Waals surface area contributed by atoms with E-state index in [1.807, 2.05) is 55.1 Å². The second-order valence-electron chi connectivity index (χ2n) is 5.40. The van der Waals surface area contributed by atoms with E-state index < -0.39 is 5.41 Å². The predicted molar refractivity (Wildman–Crippen MR) is 84.1 cm³/mol. The molecule has 0 aliphatic heterocycles. The molecule has 3 heteroatoms. The Morgan fingerprint density at radius 2 is 1.86 bits per heavy atom. The van der Waals surface area contributed by atoms with Crippen LogP contribution in [0.3, 0.4) is 0 Å². The van der Waals surface area contributed by atoms with Crippen LogP contribution < -0.4 is 4.90 Å². The Morgan fingerprint density at radius 3 is 2.43 bits per heavy atom. The van der Waals surface area contributed by atoms with Crippen molar-refractivity contribution >= 4 is 12.0 Å². The highest BCUT2D eigenvalue weighted by Crippen LogP contribution is 2.26. The van der Waals surface area contributed by atoms with Gasteiger partial charge in [0.2, 0.25) is 0 Å². The quantitative estimate of drug-likeness (QED) is 0.752. The van der Waals surface area contributed by atoms with Gasteiger partial charge in [-0.2, -0.15) is 0 Å². The lowest BCUT2D eigenvalue weighted by molar-refractivity contribution is -0.111. The van der Waals surface area contributed by atoms with Gasteiger partial charge < -0.3 is 9.69 Å². The number of likely N-dealkylation sites (N-methyl/N-ethyl adjacent to an activating group) is 1. The molecule has 0 spiro atoms. The summed E-state index contributed by atoms with van der Waals surface area (Å²) in [5, 5.41) is 0. The molecule has 0 saturated heterocycles. The van der Waals surface area contributed by atoms with E-state index in [1.165, 1.54) is 12.1 Å². The molecule has 1 atom stereocenters. The van der Waals surface area contributed by atoms with Crippen molar-refractivity contribution in [1.29, 1.82) is 0 Å². The van der Waals surface area contributed by atoms with Crippen LogP contribution in [0.4, 0.5) is 10.1 Å². The Balaban J connectivity index is 2.29. The van der Waals surface area contributed by atoms with Gasteiger partial charge in [0.1, 0.15) is 12.1 Å². The van der Waals surface area contributed by atoms with Crippen molar-refractivity contribution in [3.8, 4) is 0 Å². The van der Waals surface area contributed by atoms with E-state index >= 15 is 0 Å². The van der Waals surface area contributed by atoms with E-state index in [0.717, 1.165) is 17.5 Å². The van der Waals surface area contributed by atoms with E-state index in [1.54, 1.807) is 6.07 Å². The maximum absolute atomic E-state index is 13.4. The Labute approximate surface area is 125 Å². The Morgan fingerprint density at radius 1 is 1.14 bits per heavy atom. The number of benzene rings is 2. The maximum Gasteiger partial charge on any atom is 0.132 e. The predicted octanol–water partition coefficient (Wildman–Crippen LogP) is 3.81. The maximum atomic E-state index is 13.4. The van der Waals surface area contributed by atoms with Crippen LogP contribution in [-0.2, 0) is 10.2 Å². The molecule has 110 valence electrons. The Hall–Kier alpha value is -2.16. The first-order valence-electron chi connectivity index (χ1n) is 7.11. The summed E-state index contributed by atoms with van der Waals surface area (Å²) in [5.41, 5.74) is 1.14. The SMILES string of the molecule is CCN(CC(C)(C=O)c1ccccc1)c1cccc(F)c1. The van der Waals surface area contributed by atoms with Gasteiger partial charge in [0, 0.05) is 18.8 Å². The fraction of sp³-hybridized carbons (Fsp3) is 0.278. The molecule has 0 bridgehead atoms. The second-order valence-corrected chi connectivity index (χ2v) is 5.40. The van der Waals surface area contributed by atoms with Crippen molar-refractivity contribution in [2.75, 3.05) is 18.0 Å². The third-order valence-electron chi connectivity index (χ3n) is 3.77. The molecule has 2 aromatic rings. The zero-order valence-electron chi connectivity index (χ0n) is 12.4. The van der Waals surface area contributed by atoms with Crippen LogP contribution in [-0.4, -0.2) is 19.4 Å². The number of carbonyl (C=O) groups is 1. The van der Waals surface area contributed by atoms with Crippen LogP contribution in [0.15, 0.2) is 54.6 Å². The summed E-state index contributed by atoms with van der Waals surface area (Å²) in [5.74, 6) is -0.265. The minimum Gasteiger partial charge on any atom is -0.370 e. The number of carbonyl (C=O) groups excluding carboxylic acids is 1. The lowest BCUT2D eigenvalue weighted by Crippen LogP contribution is -2.40. The van der Waals surface area contributed by atoms with Gasteiger partial charge in [-0.15, -0.1) is 0 Å². The molecule has 2 aromatic carbocycles. The molecule has 2 nitrogen and oxygen atoms in total. The van der Waals surface area contributed by atoms with Crippen LogP contribution in [0.1, 0.15) is 19.4 Å². The first-order valence-corrected chi connectivity index (χ1v) is 7.11. The number of halogens is 1. The van der Waals surface area contributed by atoms with Gasteiger partial charge in [-0.05, 0) is 37.6 Å². The lowest BCUT2D eigenvalue weighted by atomic mass is 9.83. The highest BCUT2D eigenvalue weighted by atomic mass is 19.1. The normalized spacial score (nSPS) is 13.5. The van der Waals surface area contributed by atoms with Crippen molar-refractivity contribution in [1.82, 2.24) is 0 Å². The van der Waals surface area contributed by atoms with Crippen molar-refractivity contribution in [2.45, 2.75) is 19.3 Å². The highest BCUT2D eigenvalue weighted by Gasteiger charge is 2.28. The van der Waals surface area contributed by atoms with Crippen molar-refractivity contribution in [3.63, 3.8) is 0 Å². The molecular weight excluding hydrogens is 265 g/mol. The molecule has 0 aromatic heterocycles. The molecule has 0 aliphatic rings. The number of aldehydes is 1. The van der Waals surface area contributed by atoms with Crippen molar-refractivity contribution < 1.29 is 9.18 Å². The van der Waals surface area contributed by atoms with Crippen LogP contribution in [0.5, 0.6) is 0 Å². The smallest absolute Gasteiger partial charge is 0.132 e. The van der Waals surface area contributed by atoms with Gasteiger partial charge in [0.05, 0.1) is 5.41 Å². The van der Waals surface area contributed by atoms with Gasteiger partial charge in [-0.1, -0.05) is 36.4 Å². The third-order valence-corrected chi connectivity index (χ3v) is 3.77. The van der Waals surface area contributed by atoms with Gasteiger partial charge in [0.25, 0.3) is 0 Å². The molecule has 0 aliphatic carbocycles. The molecule has 0 fully saturated rings. The number of rotatable bonds is 6. The fourth-order valence-electron chi connectivity index (χ4n) is 2.47. The number of hydrogen-bond donors (Lipinski definition) is 0. The summed E-state index contributed by atoms with van der Waals surface area (Å²) in [7, 11) is 0. The van der Waals surface area contributed by atoms with Crippen LogP contribution in [0.25, 0.3) is 0 Å². The van der Waals surface area contributed by atoms with Crippen molar-refractivity contribution in [3.05, 3.63) is 66.0 Å². The first-order chi connectivity index (χ1) is 10.1. The highest BCUT2D eigenvalue weighted by molar-refractivity contribution is 5.69. The zero-order chi connectivity index (χ0) is 15.3. The molecule has 21 heavy (non-hydrogen) atoms. The van der Waals surface area contributed by atoms with Gasteiger partial charge in [0.15, 0.2) is 0 Å². The largest absolute Gasteiger partial charge is 0.370 e. The van der Waals surface area contributed by atoms with Gasteiger partial charge in [-0.3, -0.25) is 0 Å². The molecule has 2 rings (SSSR count). The average molecular weight is 285 g/mol. The fourth-order valence-corrected chi connectivity index (χ4v) is 2.47. The lowest BCUT2D eigenvalue weighted by Gasteiger charge is -2.33. The average Bonchev–Trinajstić information content (AvgIpc) is 2.53. The number of nitrogens with zero attached hydrogens (tertiary/aromatic N) is 1. The van der Waals surface area contributed by atoms with E-state index in [-0.39, 0.29) is 5.82 Å². The van der Waals surface area contributed by atoms with E-state index in [9.17, 15) is 9.18 Å². The topological polar surface area (TPSA) is 20.3 Å². The van der Waals surface area contributed by atoms with Gasteiger partial charge in [-0.25, -0.2) is 4.39 Å². The number of hydrogen-bond acceptors (Lipinski definition) is 2. The van der Waals surface area contributed by atoms with Crippen molar-refractivity contribution in [2.24, 2.45) is 0 Å². The minimum atomic E-state index is -0.621. The summed E-state index contributed by atoms with van der Waals surface area (Å²) in [6, 6.07) is 16.2. The molecule has 0 saturated carbocycles. The first kappa shape index (κ1) is 15.2. The summed E-state index contributed by atoms with van der Waals surface area (Å²) in [6.45, 7) is 5.14. The molecule has 1 unspecified atom stereocenters.